The zero-order valence-electron chi connectivity index (χ0n) is 15.0. The van der Waals surface area contributed by atoms with Crippen molar-refractivity contribution in [1.82, 2.24) is 0 Å². The molecule has 1 aliphatic carbocycles. The van der Waals surface area contributed by atoms with Crippen LogP contribution in [0.5, 0.6) is 0 Å². The van der Waals surface area contributed by atoms with Crippen LogP contribution in [-0.2, 0) is 17.6 Å². The van der Waals surface area contributed by atoms with E-state index in [1.165, 1.54) is 0 Å². The van der Waals surface area contributed by atoms with Gasteiger partial charge in [-0.25, -0.2) is 0 Å². The molecular weight excluding hydrogens is 320 g/mol. The lowest BCUT2D eigenvalue weighted by Gasteiger charge is -2.11. The van der Waals surface area contributed by atoms with Crippen molar-refractivity contribution >= 4 is 5.97 Å². The molecule has 1 aliphatic rings. The summed E-state index contributed by atoms with van der Waals surface area (Å²) in [5.41, 5.74) is 0.998. The molecule has 0 saturated heterocycles. The van der Waals surface area contributed by atoms with Crippen LogP contribution in [-0.4, -0.2) is 33.5 Å². The number of aryl methyl sites for hydroxylation is 1. The van der Waals surface area contributed by atoms with Gasteiger partial charge in [0.25, 0.3) is 0 Å². The fourth-order valence-corrected chi connectivity index (χ4v) is 3.34. The maximum atomic E-state index is 10.5. The molecule has 0 bridgehead atoms. The van der Waals surface area contributed by atoms with E-state index in [1.54, 1.807) is 6.08 Å². The van der Waals surface area contributed by atoms with Crippen molar-refractivity contribution in [1.29, 1.82) is 0 Å². The van der Waals surface area contributed by atoms with Crippen LogP contribution < -0.4 is 0 Å². The average Bonchev–Trinajstić information content (AvgIpc) is 3.06. The molecule has 0 fully saturated rings. The van der Waals surface area contributed by atoms with Gasteiger partial charge in [-0.3, -0.25) is 4.79 Å². The number of rotatable bonds is 11. The predicted molar refractivity (Wildman–Crippen MR) is 95.6 cm³/mol. The van der Waals surface area contributed by atoms with Gasteiger partial charge in [0.2, 0.25) is 0 Å². The van der Waals surface area contributed by atoms with Crippen molar-refractivity contribution in [2.75, 3.05) is 0 Å². The second kappa shape index (κ2) is 9.78. The molecule has 0 amide bonds. The Morgan fingerprint density at radius 3 is 2.88 bits per heavy atom. The Kier molecular flexibility index (Phi) is 7.72. The van der Waals surface area contributed by atoms with E-state index < -0.39 is 18.2 Å². The zero-order chi connectivity index (χ0) is 18.2. The number of hydrogen-bond acceptors (Lipinski definition) is 4. The molecule has 2 rings (SSSR count). The number of aliphatic carboxylic acids is 1. The lowest BCUT2D eigenvalue weighted by molar-refractivity contribution is -0.137. The van der Waals surface area contributed by atoms with E-state index in [9.17, 15) is 15.0 Å². The highest BCUT2D eigenvalue weighted by atomic mass is 16.4. The van der Waals surface area contributed by atoms with Crippen molar-refractivity contribution in [2.45, 2.75) is 82.8 Å². The SMILES string of the molecule is CCCCC[C@@H](O)/C=C/[C@@H]1c2cc(CCCCC(=O)O)oc2C[C@H]1O. The first-order valence-electron chi connectivity index (χ1n) is 9.39. The molecule has 0 saturated carbocycles. The summed E-state index contributed by atoms with van der Waals surface area (Å²) in [6.07, 6.45) is 9.52. The quantitative estimate of drug-likeness (QED) is 0.419. The molecule has 1 aromatic rings. The van der Waals surface area contributed by atoms with Crippen molar-refractivity contribution in [3.8, 4) is 0 Å². The number of carboxylic acids is 1. The van der Waals surface area contributed by atoms with Gasteiger partial charge >= 0.3 is 5.97 Å². The normalized spacial score (nSPS) is 20.9. The Hall–Kier alpha value is -1.59. The van der Waals surface area contributed by atoms with Gasteiger partial charge in [-0.2, -0.15) is 0 Å². The standard InChI is InChI=1S/C20H30O5/c1-2-3-4-7-14(21)10-11-16-17-12-15(8-5-6-9-20(23)24)25-19(17)13-18(16)22/h10-12,14,16,18,21-22H,2-9,13H2,1H3,(H,23,24)/b11-10+/t14-,16-,18-/m1/s1. The minimum absolute atomic E-state index is 0.132. The summed E-state index contributed by atoms with van der Waals surface area (Å²) >= 11 is 0. The van der Waals surface area contributed by atoms with E-state index in [4.69, 9.17) is 9.52 Å². The zero-order valence-corrected chi connectivity index (χ0v) is 15.0. The van der Waals surface area contributed by atoms with Crippen molar-refractivity contribution in [3.63, 3.8) is 0 Å². The van der Waals surface area contributed by atoms with Crippen LogP contribution in [0.3, 0.4) is 0 Å². The first-order chi connectivity index (χ1) is 12.0. The largest absolute Gasteiger partial charge is 0.481 e. The second-order valence-corrected chi connectivity index (χ2v) is 6.94. The number of carboxylic acid groups (broad SMARTS) is 1. The molecule has 1 aromatic heterocycles. The lowest BCUT2D eigenvalue weighted by Crippen LogP contribution is -2.12. The van der Waals surface area contributed by atoms with Crippen LogP contribution in [0.2, 0.25) is 0 Å². The molecule has 0 unspecified atom stereocenters. The molecule has 1 heterocycles. The third-order valence-electron chi connectivity index (χ3n) is 4.77. The molecule has 0 spiro atoms. The third-order valence-corrected chi connectivity index (χ3v) is 4.77. The lowest BCUT2D eigenvalue weighted by atomic mass is 9.98. The molecule has 3 N–H and O–H groups in total. The van der Waals surface area contributed by atoms with Crippen LogP contribution in [0, 0.1) is 0 Å². The summed E-state index contributed by atoms with van der Waals surface area (Å²) in [5, 5.41) is 28.9. The topological polar surface area (TPSA) is 90.9 Å². The van der Waals surface area contributed by atoms with Crippen molar-refractivity contribution < 1.29 is 24.5 Å². The number of fused-ring (bicyclic) bond motifs is 1. The second-order valence-electron chi connectivity index (χ2n) is 6.94. The monoisotopic (exact) mass is 350 g/mol. The van der Waals surface area contributed by atoms with Crippen molar-refractivity contribution in [3.05, 3.63) is 35.3 Å². The summed E-state index contributed by atoms with van der Waals surface area (Å²) < 4.78 is 5.82. The molecule has 5 nitrogen and oxygen atoms in total. The predicted octanol–water partition coefficient (Wildman–Crippen LogP) is 3.58. The van der Waals surface area contributed by atoms with Gasteiger partial charge in [-0.1, -0.05) is 38.3 Å². The van der Waals surface area contributed by atoms with Gasteiger partial charge in [-0.15, -0.1) is 0 Å². The van der Waals surface area contributed by atoms with E-state index in [2.05, 4.69) is 6.92 Å². The fraction of sp³-hybridized carbons (Fsp3) is 0.650. The molecule has 0 aliphatic heterocycles. The molecule has 5 heteroatoms. The smallest absolute Gasteiger partial charge is 0.303 e. The van der Waals surface area contributed by atoms with E-state index in [0.29, 0.717) is 19.3 Å². The van der Waals surface area contributed by atoms with Crippen LogP contribution in [0.4, 0.5) is 0 Å². The van der Waals surface area contributed by atoms with Crippen LogP contribution in [0.1, 0.15) is 74.9 Å². The van der Waals surface area contributed by atoms with Crippen LogP contribution in [0.15, 0.2) is 22.6 Å². The number of hydrogen-bond donors (Lipinski definition) is 3. The minimum atomic E-state index is -0.771. The Morgan fingerprint density at radius 1 is 1.36 bits per heavy atom. The van der Waals surface area contributed by atoms with Gasteiger partial charge in [0.1, 0.15) is 11.5 Å². The van der Waals surface area contributed by atoms with Gasteiger partial charge in [0, 0.05) is 30.7 Å². The van der Waals surface area contributed by atoms with Gasteiger partial charge in [-0.05, 0) is 25.3 Å². The molecule has 0 radical (unpaired) electrons. The van der Waals surface area contributed by atoms with Gasteiger partial charge in [0.05, 0.1) is 12.2 Å². The Bertz CT molecular complexity index is 575. The summed E-state index contributed by atoms with van der Waals surface area (Å²) in [6, 6.07) is 1.98. The minimum Gasteiger partial charge on any atom is -0.481 e. The summed E-state index contributed by atoms with van der Waals surface area (Å²) in [6.45, 7) is 2.14. The molecule has 0 aromatic carbocycles. The number of furan rings is 1. The van der Waals surface area contributed by atoms with Gasteiger partial charge < -0.3 is 19.7 Å². The van der Waals surface area contributed by atoms with E-state index in [1.807, 2.05) is 12.1 Å². The number of aliphatic hydroxyl groups excluding tert-OH is 2. The van der Waals surface area contributed by atoms with Crippen LogP contribution in [0.25, 0.3) is 0 Å². The number of aliphatic hydroxyl groups is 2. The Balaban J connectivity index is 1.89. The summed E-state index contributed by atoms with van der Waals surface area (Å²) in [7, 11) is 0. The summed E-state index contributed by atoms with van der Waals surface area (Å²) in [4.78, 5) is 10.5. The maximum Gasteiger partial charge on any atom is 0.303 e. The third kappa shape index (κ3) is 6.01. The Morgan fingerprint density at radius 2 is 2.16 bits per heavy atom. The van der Waals surface area contributed by atoms with E-state index in [-0.39, 0.29) is 12.3 Å². The average molecular weight is 350 g/mol. The van der Waals surface area contributed by atoms with Gasteiger partial charge in [0.15, 0.2) is 0 Å². The van der Waals surface area contributed by atoms with E-state index >= 15 is 0 Å². The fourth-order valence-electron chi connectivity index (χ4n) is 3.34. The number of unbranched alkanes of at least 4 members (excludes halogenated alkanes) is 3. The molecule has 25 heavy (non-hydrogen) atoms. The van der Waals surface area contributed by atoms with E-state index in [0.717, 1.165) is 49.2 Å². The van der Waals surface area contributed by atoms with Crippen LogP contribution >= 0.6 is 0 Å². The number of carbonyl (C=O) groups is 1. The molecular formula is C20H30O5. The molecule has 3 atom stereocenters. The first-order valence-corrected chi connectivity index (χ1v) is 9.39. The Labute approximate surface area is 149 Å². The maximum absolute atomic E-state index is 10.5. The first kappa shape index (κ1) is 19.7. The van der Waals surface area contributed by atoms with Crippen molar-refractivity contribution in [2.24, 2.45) is 0 Å². The highest BCUT2D eigenvalue weighted by Gasteiger charge is 2.33. The molecule has 140 valence electrons. The summed E-state index contributed by atoms with van der Waals surface area (Å²) in [5.74, 6) is 0.764. The highest BCUT2D eigenvalue weighted by Crippen LogP contribution is 2.37. The highest BCUT2D eigenvalue weighted by molar-refractivity contribution is 5.66.